The first-order valence-electron chi connectivity index (χ1n) is 10.8. The van der Waals surface area contributed by atoms with Gasteiger partial charge in [0.15, 0.2) is 0 Å². The first kappa shape index (κ1) is 21.4. The first-order chi connectivity index (χ1) is 14.2. The van der Waals surface area contributed by atoms with Crippen LogP contribution in [0.3, 0.4) is 0 Å². The Kier molecular flexibility index (Phi) is 8.62. The Morgan fingerprint density at radius 2 is 1.97 bits per heavy atom. The van der Waals surface area contributed by atoms with Crippen LogP contribution in [0.1, 0.15) is 55.6 Å². The molecule has 156 valence electrons. The summed E-state index contributed by atoms with van der Waals surface area (Å²) in [5, 5.41) is 6.45. The van der Waals surface area contributed by atoms with E-state index in [0.717, 1.165) is 55.8 Å². The molecule has 1 fully saturated rings. The third kappa shape index (κ3) is 7.24. The van der Waals surface area contributed by atoms with Crippen LogP contribution >= 0.6 is 0 Å². The molecule has 29 heavy (non-hydrogen) atoms. The fourth-order valence-electron chi connectivity index (χ4n) is 4.13. The number of amides is 1. The Balaban J connectivity index is 1.51. The van der Waals surface area contributed by atoms with Crippen LogP contribution in [-0.4, -0.2) is 30.5 Å². The minimum absolute atomic E-state index is 0.00785. The SMILES string of the molecule is O=C(NCCc1ccncc1)C(CCCCC1CCNCC1)c1cccc(F)c1. The van der Waals surface area contributed by atoms with Crippen LogP contribution in [0, 0.1) is 11.7 Å². The number of pyridine rings is 1. The monoisotopic (exact) mass is 397 g/mol. The molecule has 3 rings (SSSR count). The number of unbranched alkanes of at least 4 members (excludes halogenated alkanes) is 1. The molecule has 1 aromatic heterocycles. The van der Waals surface area contributed by atoms with Gasteiger partial charge in [-0.3, -0.25) is 9.78 Å². The lowest BCUT2D eigenvalue weighted by atomic mass is 9.88. The van der Waals surface area contributed by atoms with Gasteiger partial charge in [-0.25, -0.2) is 4.39 Å². The van der Waals surface area contributed by atoms with E-state index in [9.17, 15) is 9.18 Å². The number of nitrogens with zero attached hydrogens (tertiary/aromatic N) is 1. The minimum atomic E-state index is -0.295. The predicted octanol–water partition coefficient (Wildman–Crippen LogP) is 4.22. The van der Waals surface area contributed by atoms with Crippen LogP contribution in [0.2, 0.25) is 0 Å². The number of hydrogen-bond acceptors (Lipinski definition) is 3. The number of carbonyl (C=O) groups is 1. The summed E-state index contributed by atoms with van der Waals surface area (Å²) in [6, 6.07) is 10.4. The average Bonchev–Trinajstić information content (AvgIpc) is 2.75. The highest BCUT2D eigenvalue weighted by molar-refractivity contribution is 5.83. The summed E-state index contributed by atoms with van der Waals surface area (Å²) < 4.78 is 13.8. The van der Waals surface area contributed by atoms with Gasteiger partial charge in [-0.2, -0.15) is 0 Å². The van der Waals surface area contributed by atoms with Crippen LogP contribution in [0.25, 0.3) is 0 Å². The molecule has 0 bridgehead atoms. The lowest BCUT2D eigenvalue weighted by Crippen LogP contribution is -2.31. The van der Waals surface area contributed by atoms with Gasteiger partial charge in [-0.15, -0.1) is 0 Å². The number of halogens is 1. The van der Waals surface area contributed by atoms with Gasteiger partial charge in [0.05, 0.1) is 5.92 Å². The van der Waals surface area contributed by atoms with E-state index in [2.05, 4.69) is 15.6 Å². The highest BCUT2D eigenvalue weighted by atomic mass is 19.1. The highest BCUT2D eigenvalue weighted by Crippen LogP contribution is 2.26. The summed E-state index contributed by atoms with van der Waals surface area (Å²) in [5.41, 5.74) is 1.91. The molecule has 0 radical (unpaired) electrons. The second-order valence-corrected chi connectivity index (χ2v) is 7.98. The van der Waals surface area contributed by atoms with Crippen molar-refractivity contribution in [3.63, 3.8) is 0 Å². The van der Waals surface area contributed by atoms with Gasteiger partial charge in [0, 0.05) is 18.9 Å². The molecule has 4 nitrogen and oxygen atoms in total. The van der Waals surface area contributed by atoms with Crippen molar-refractivity contribution in [2.24, 2.45) is 5.92 Å². The zero-order valence-corrected chi connectivity index (χ0v) is 17.1. The molecule has 1 aliphatic heterocycles. The molecule has 0 aliphatic carbocycles. The largest absolute Gasteiger partial charge is 0.355 e. The normalized spacial score (nSPS) is 15.8. The third-order valence-corrected chi connectivity index (χ3v) is 5.84. The Morgan fingerprint density at radius 1 is 1.17 bits per heavy atom. The van der Waals surface area contributed by atoms with Gasteiger partial charge in [-0.05, 0) is 80.1 Å². The van der Waals surface area contributed by atoms with E-state index in [1.165, 1.54) is 31.4 Å². The zero-order chi connectivity index (χ0) is 20.3. The van der Waals surface area contributed by atoms with Gasteiger partial charge in [-0.1, -0.05) is 31.4 Å². The van der Waals surface area contributed by atoms with Crippen molar-refractivity contribution >= 4 is 5.91 Å². The van der Waals surface area contributed by atoms with Gasteiger partial charge >= 0.3 is 0 Å². The number of rotatable bonds is 10. The molecule has 1 atom stereocenters. The molecule has 5 heteroatoms. The zero-order valence-electron chi connectivity index (χ0n) is 17.1. The van der Waals surface area contributed by atoms with Crippen molar-refractivity contribution < 1.29 is 9.18 Å². The summed E-state index contributed by atoms with van der Waals surface area (Å²) in [4.78, 5) is 16.9. The highest BCUT2D eigenvalue weighted by Gasteiger charge is 2.21. The van der Waals surface area contributed by atoms with E-state index in [1.54, 1.807) is 18.5 Å². The molecular formula is C24H32FN3O. The molecule has 2 N–H and O–H groups in total. The quantitative estimate of drug-likeness (QED) is 0.590. The van der Waals surface area contributed by atoms with Crippen molar-refractivity contribution in [1.82, 2.24) is 15.6 Å². The van der Waals surface area contributed by atoms with E-state index < -0.39 is 0 Å². The smallest absolute Gasteiger partial charge is 0.227 e. The molecule has 2 aromatic rings. The minimum Gasteiger partial charge on any atom is -0.355 e. The molecule has 0 saturated carbocycles. The Labute approximate surface area is 173 Å². The van der Waals surface area contributed by atoms with Crippen molar-refractivity contribution in [1.29, 1.82) is 0 Å². The molecule has 1 amide bonds. The lowest BCUT2D eigenvalue weighted by molar-refractivity contribution is -0.122. The van der Waals surface area contributed by atoms with E-state index in [0.29, 0.717) is 6.54 Å². The second kappa shape index (κ2) is 11.7. The molecular weight excluding hydrogens is 365 g/mol. The van der Waals surface area contributed by atoms with E-state index in [4.69, 9.17) is 0 Å². The molecule has 1 unspecified atom stereocenters. The number of piperidine rings is 1. The molecule has 1 saturated heterocycles. The molecule has 2 heterocycles. The molecule has 1 aromatic carbocycles. The predicted molar refractivity (Wildman–Crippen MR) is 114 cm³/mol. The number of benzene rings is 1. The van der Waals surface area contributed by atoms with Crippen molar-refractivity contribution in [2.45, 2.75) is 50.9 Å². The van der Waals surface area contributed by atoms with Crippen molar-refractivity contribution in [2.75, 3.05) is 19.6 Å². The van der Waals surface area contributed by atoms with Crippen LogP contribution < -0.4 is 10.6 Å². The second-order valence-electron chi connectivity index (χ2n) is 7.98. The maximum absolute atomic E-state index is 13.8. The van der Waals surface area contributed by atoms with Crippen LogP contribution in [-0.2, 0) is 11.2 Å². The standard InChI is InChI=1S/C24H32FN3O/c25-22-6-3-5-21(18-22)23(7-2-1-4-19-8-13-26-14-9-19)24(29)28-17-12-20-10-15-27-16-11-20/h3,5-6,10-11,15-16,18-19,23,26H,1-2,4,7-9,12-14,17H2,(H,28,29). The topological polar surface area (TPSA) is 54.0 Å². The van der Waals surface area contributed by atoms with Crippen LogP contribution in [0.4, 0.5) is 4.39 Å². The van der Waals surface area contributed by atoms with E-state index in [1.807, 2.05) is 18.2 Å². The Morgan fingerprint density at radius 3 is 2.72 bits per heavy atom. The molecule has 1 aliphatic rings. The van der Waals surface area contributed by atoms with Crippen LogP contribution in [0.15, 0.2) is 48.8 Å². The van der Waals surface area contributed by atoms with E-state index >= 15 is 0 Å². The lowest BCUT2D eigenvalue weighted by Gasteiger charge is -2.23. The van der Waals surface area contributed by atoms with E-state index in [-0.39, 0.29) is 17.6 Å². The van der Waals surface area contributed by atoms with Crippen molar-refractivity contribution in [3.05, 3.63) is 65.7 Å². The summed E-state index contributed by atoms with van der Waals surface area (Å²) in [7, 11) is 0. The van der Waals surface area contributed by atoms with Gasteiger partial charge in [0.1, 0.15) is 5.82 Å². The number of carbonyl (C=O) groups excluding carboxylic acids is 1. The summed E-state index contributed by atoms with van der Waals surface area (Å²) >= 11 is 0. The fraction of sp³-hybridized carbons (Fsp3) is 0.500. The first-order valence-corrected chi connectivity index (χ1v) is 10.8. The maximum atomic E-state index is 13.8. The van der Waals surface area contributed by atoms with Crippen LogP contribution in [0.5, 0.6) is 0 Å². The van der Waals surface area contributed by atoms with Crippen molar-refractivity contribution in [3.8, 4) is 0 Å². The van der Waals surface area contributed by atoms with Gasteiger partial charge in [0.2, 0.25) is 5.91 Å². The average molecular weight is 398 g/mol. The number of aromatic nitrogens is 1. The molecule has 0 spiro atoms. The summed E-state index contributed by atoms with van der Waals surface area (Å²) in [5.74, 6) is 0.215. The Hall–Kier alpha value is -2.27. The summed E-state index contributed by atoms with van der Waals surface area (Å²) in [6.45, 7) is 2.82. The van der Waals surface area contributed by atoms with Gasteiger partial charge < -0.3 is 10.6 Å². The summed E-state index contributed by atoms with van der Waals surface area (Å²) in [6.07, 6.45) is 10.9. The number of nitrogens with one attached hydrogen (secondary N) is 2. The number of hydrogen-bond donors (Lipinski definition) is 2. The Bertz CT molecular complexity index is 747. The third-order valence-electron chi connectivity index (χ3n) is 5.84. The maximum Gasteiger partial charge on any atom is 0.227 e. The fourth-order valence-corrected chi connectivity index (χ4v) is 4.13. The van der Waals surface area contributed by atoms with Gasteiger partial charge in [0.25, 0.3) is 0 Å².